The summed E-state index contributed by atoms with van der Waals surface area (Å²) in [7, 11) is -7.35. The summed E-state index contributed by atoms with van der Waals surface area (Å²) in [5.41, 5.74) is 0.739. The zero-order valence-corrected chi connectivity index (χ0v) is 17.0. The van der Waals surface area contributed by atoms with E-state index in [0.717, 1.165) is 5.56 Å². The largest absolute Gasteiger partial charge is 0.494 e. The molecule has 0 spiro atoms. The molecule has 2 aromatic carbocycles. The summed E-state index contributed by atoms with van der Waals surface area (Å²) < 4.78 is 68.8. The van der Waals surface area contributed by atoms with Crippen molar-refractivity contribution in [1.82, 2.24) is 5.32 Å². The molecule has 0 unspecified atom stereocenters. The predicted octanol–water partition coefficient (Wildman–Crippen LogP) is 1.95. The van der Waals surface area contributed by atoms with Crippen molar-refractivity contribution in [2.24, 2.45) is 0 Å². The van der Waals surface area contributed by atoms with Gasteiger partial charge in [0.25, 0.3) is 0 Å². The van der Waals surface area contributed by atoms with Crippen LogP contribution in [-0.2, 0) is 26.2 Å². The van der Waals surface area contributed by atoms with Gasteiger partial charge in [-0.05, 0) is 48.9 Å². The van der Waals surface area contributed by atoms with Crippen molar-refractivity contribution in [2.45, 2.75) is 29.7 Å². The van der Waals surface area contributed by atoms with E-state index in [0.29, 0.717) is 12.4 Å². The molecule has 3 rings (SSSR count). The summed E-state index contributed by atoms with van der Waals surface area (Å²) in [5.74, 6) is -0.506. The number of hydrogen-bond acceptors (Lipinski definition) is 6. The number of benzene rings is 2. The third-order valence-electron chi connectivity index (χ3n) is 4.64. The second-order valence-electron chi connectivity index (χ2n) is 6.68. The standard InChI is InChI=1S/C19H22FNO5S2/c1-2-26-16-7-9-17(10-8-16)28(24,25)19-13-27(22,23)12-18(19)21-11-14-3-5-15(20)6-4-14/h3-10,18-19,21H,2,11-13H2,1H3/t18-,19-/m0/s1. The first-order chi connectivity index (χ1) is 13.2. The fraction of sp³-hybridized carbons (Fsp3) is 0.368. The Bertz CT molecular complexity index is 1020. The summed E-state index contributed by atoms with van der Waals surface area (Å²) in [4.78, 5) is 0.0617. The van der Waals surface area contributed by atoms with Gasteiger partial charge in [-0.1, -0.05) is 12.1 Å². The average Bonchev–Trinajstić information content (AvgIpc) is 2.97. The van der Waals surface area contributed by atoms with Crippen LogP contribution in [0.1, 0.15) is 12.5 Å². The van der Waals surface area contributed by atoms with Crippen molar-refractivity contribution in [3.63, 3.8) is 0 Å². The monoisotopic (exact) mass is 427 g/mol. The zero-order valence-electron chi connectivity index (χ0n) is 15.3. The first-order valence-corrected chi connectivity index (χ1v) is 12.2. The van der Waals surface area contributed by atoms with E-state index in [1.165, 1.54) is 24.3 Å². The molecule has 6 nitrogen and oxygen atoms in total. The summed E-state index contributed by atoms with van der Waals surface area (Å²) in [6.07, 6.45) is 0. The Morgan fingerprint density at radius 1 is 1.07 bits per heavy atom. The highest BCUT2D eigenvalue weighted by Crippen LogP contribution is 2.27. The van der Waals surface area contributed by atoms with Crippen LogP contribution in [0.5, 0.6) is 5.75 Å². The van der Waals surface area contributed by atoms with E-state index in [9.17, 15) is 21.2 Å². The molecule has 9 heteroatoms. The summed E-state index contributed by atoms with van der Waals surface area (Å²) in [6, 6.07) is 11.0. The van der Waals surface area contributed by atoms with Crippen LogP contribution in [0.4, 0.5) is 4.39 Å². The van der Waals surface area contributed by atoms with Gasteiger partial charge >= 0.3 is 0 Å². The Kier molecular flexibility index (Phi) is 6.07. The summed E-state index contributed by atoms with van der Waals surface area (Å²) >= 11 is 0. The molecule has 1 aliphatic heterocycles. The lowest BCUT2D eigenvalue weighted by molar-refractivity contribution is 0.340. The summed E-state index contributed by atoms with van der Waals surface area (Å²) in [6.45, 7) is 2.53. The van der Waals surface area contributed by atoms with Crippen molar-refractivity contribution in [3.05, 3.63) is 59.9 Å². The Morgan fingerprint density at radius 3 is 2.32 bits per heavy atom. The normalized spacial score (nSPS) is 21.5. The molecule has 1 heterocycles. The second-order valence-corrected chi connectivity index (χ2v) is 11.0. The highest BCUT2D eigenvalue weighted by molar-refractivity contribution is 7.96. The van der Waals surface area contributed by atoms with E-state index < -0.39 is 36.7 Å². The number of nitrogens with one attached hydrogen (secondary N) is 1. The molecule has 152 valence electrons. The highest BCUT2D eigenvalue weighted by Gasteiger charge is 2.45. The molecule has 0 bridgehead atoms. The molecule has 1 fully saturated rings. The van der Waals surface area contributed by atoms with Gasteiger partial charge in [-0.15, -0.1) is 0 Å². The van der Waals surface area contributed by atoms with E-state index in [4.69, 9.17) is 4.74 Å². The number of rotatable bonds is 7. The van der Waals surface area contributed by atoms with Crippen molar-refractivity contribution < 1.29 is 26.0 Å². The Labute approximate surface area is 164 Å². The molecule has 0 radical (unpaired) electrons. The minimum absolute atomic E-state index is 0.0617. The SMILES string of the molecule is CCOc1ccc(S(=O)(=O)[C@H]2CS(=O)(=O)C[C@@H]2NCc2ccc(F)cc2)cc1. The van der Waals surface area contributed by atoms with Crippen LogP contribution in [0.15, 0.2) is 53.4 Å². The maximum atomic E-state index is 13.1. The topological polar surface area (TPSA) is 89.5 Å². The maximum Gasteiger partial charge on any atom is 0.183 e. The van der Waals surface area contributed by atoms with Gasteiger partial charge in [-0.2, -0.15) is 0 Å². The molecule has 1 N–H and O–H groups in total. The van der Waals surface area contributed by atoms with Crippen LogP contribution in [0, 0.1) is 5.82 Å². The van der Waals surface area contributed by atoms with Crippen LogP contribution in [0.2, 0.25) is 0 Å². The smallest absolute Gasteiger partial charge is 0.183 e. The van der Waals surface area contributed by atoms with Gasteiger partial charge in [0, 0.05) is 12.6 Å². The lowest BCUT2D eigenvalue weighted by Gasteiger charge is -2.20. The van der Waals surface area contributed by atoms with Crippen molar-refractivity contribution in [1.29, 1.82) is 0 Å². The average molecular weight is 428 g/mol. The zero-order chi connectivity index (χ0) is 20.4. The van der Waals surface area contributed by atoms with E-state index in [1.54, 1.807) is 24.3 Å². The highest BCUT2D eigenvalue weighted by atomic mass is 32.2. The van der Waals surface area contributed by atoms with E-state index in [-0.39, 0.29) is 23.0 Å². The van der Waals surface area contributed by atoms with Gasteiger partial charge in [-0.3, -0.25) is 0 Å². The molecule has 0 aromatic heterocycles. The van der Waals surface area contributed by atoms with Crippen molar-refractivity contribution in [3.8, 4) is 5.75 Å². The molecule has 0 amide bonds. The molecule has 1 aliphatic rings. The van der Waals surface area contributed by atoms with E-state index in [1.807, 2.05) is 6.92 Å². The van der Waals surface area contributed by atoms with Gasteiger partial charge in [0.15, 0.2) is 19.7 Å². The second kappa shape index (κ2) is 8.18. The molecule has 0 saturated carbocycles. The first kappa shape index (κ1) is 20.8. The quantitative estimate of drug-likeness (QED) is 0.727. The van der Waals surface area contributed by atoms with Gasteiger partial charge in [0.1, 0.15) is 11.6 Å². The van der Waals surface area contributed by atoms with Gasteiger partial charge in [0.05, 0.1) is 28.3 Å². The van der Waals surface area contributed by atoms with Crippen molar-refractivity contribution >= 4 is 19.7 Å². The van der Waals surface area contributed by atoms with Gasteiger partial charge < -0.3 is 10.1 Å². The fourth-order valence-electron chi connectivity index (χ4n) is 3.23. The lowest BCUT2D eigenvalue weighted by atomic mass is 10.2. The van der Waals surface area contributed by atoms with E-state index >= 15 is 0 Å². The van der Waals surface area contributed by atoms with Crippen LogP contribution in [-0.4, -0.2) is 46.2 Å². The minimum Gasteiger partial charge on any atom is -0.494 e. The number of ether oxygens (including phenoxy) is 1. The molecule has 28 heavy (non-hydrogen) atoms. The van der Waals surface area contributed by atoms with Crippen LogP contribution in [0.25, 0.3) is 0 Å². The lowest BCUT2D eigenvalue weighted by Crippen LogP contribution is -2.43. The van der Waals surface area contributed by atoms with Gasteiger partial charge in [0.2, 0.25) is 0 Å². The molecular weight excluding hydrogens is 405 g/mol. The Balaban J connectivity index is 1.81. The Morgan fingerprint density at radius 2 is 1.71 bits per heavy atom. The predicted molar refractivity (Wildman–Crippen MR) is 104 cm³/mol. The minimum atomic E-state index is -3.86. The number of halogens is 1. The van der Waals surface area contributed by atoms with E-state index in [2.05, 4.69) is 5.32 Å². The third-order valence-corrected chi connectivity index (χ3v) is 8.81. The number of hydrogen-bond donors (Lipinski definition) is 1. The molecule has 2 aromatic rings. The molecular formula is C19H22FNO5S2. The van der Waals surface area contributed by atoms with Crippen LogP contribution >= 0.6 is 0 Å². The summed E-state index contributed by atoms with van der Waals surface area (Å²) in [5, 5.41) is 1.94. The first-order valence-electron chi connectivity index (χ1n) is 8.86. The third kappa shape index (κ3) is 4.71. The Hall–Kier alpha value is -1.97. The van der Waals surface area contributed by atoms with Gasteiger partial charge in [-0.25, -0.2) is 21.2 Å². The number of sulfone groups is 2. The molecule has 2 atom stereocenters. The van der Waals surface area contributed by atoms with Crippen LogP contribution in [0.3, 0.4) is 0 Å². The molecule has 0 aliphatic carbocycles. The van der Waals surface area contributed by atoms with Crippen molar-refractivity contribution in [2.75, 3.05) is 18.1 Å². The maximum absolute atomic E-state index is 13.1. The molecule has 1 saturated heterocycles. The van der Waals surface area contributed by atoms with Crippen LogP contribution < -0.4 is 10.1 Å². The fourth-order valence-corrected chi connectivity index (χ4v) is 7.95.